The summed E-state index contributed by atoms with van der Waals surface area (Å²) in [6.45, 7) is 2.11. The van der Waals surface area contributed by atoms with Crippen LogP contribution in [0.5, 0.6) is 5.75 Å². The van der Waals surface area contributed by atoms with Crippen LogP contribution in [0.25, 0.3) is 5.69 Å². The van der Waals surface area contributed by atoms with E-state index >= 15 is 0 Å². The van der Waals surface area contributed by atoms with E-state index in [0.29, 0.717) is 17.4 Å². The van der Waals surface area contributed by atoms with Crippen LogP contribution in [0.4, 0.5) is 13.2 Å². The maximum Gasteiger partial charge on any atom is 0.573 e. The summed E-state index contributed by atoms with van der Waals surface area (Å²) in [6, 6.07) is 14.6. The smallest absolute Gasteiger partial charge is 0.406 e. The lowest BCUT2D eigenvalue weighted by atomic mass is 10.2. The fourth-order valence-electron chi connectivity index (χ4n) is 2.34. The van der Waals surface area contributed by atoms with Crippen molar-refractivity contribution in [2.24, 2.45) is 0 Å². The molecule has 1 N–H and O–H groups in total. The Morgan fingerprint density at radius 2 is 1.86 bits per heavy atom. The molecule has 0 fully saturated rings. The minimum Gasteiger partial charge on any atom is -0.406 e. The summed E-state index contributed by atoms with van der Waals surface area (Å²) in [7, 11) is 0. The third kappa shape index (κ3) is 5.95. The molecule has 0 radical (unpaired) electrons. The zero-order chi connectivity index (χ0) is 20.9. The van der Waals surface area contributed by atoms with Gasteiger partial charge in [-0.2, -0.15) is 4.68 Å². The van der Waals surface area contributed by atoms with Gasteiger partial charge in [0.05, 0.1) is 10.9 Å². The van der Waals surface area contributed by atoms with Gasteiger partial charge < -0.3 is 10.1 Å². The third-order valence-electron chi connectivity index (χ3n) is 3.72. The Balaban J connectivity index is 1.63. The number of carbonyl (C=O) groups excluding carboxylic acids is 1. The standard InChI is InChI=1S/C18H16F3N5O2S/c1-12(16(27)22-11-13-5-3-2-4-6-13)29-17-23-24-25-26(17)14-7-9-15(10-8-14)28-18(19,20)21/h2-10,12H,11H2,1H3,(H,22,27). The van der Waals surface area contributed by atoms with Crippen LogP contribution in [0, 0.1) is 0 Å². The summed E-state index contributed by atoms with van der Waals surface area (Å²) >= 11 is 1.13. The number of rotatable bonds is 7. The van der Waals surface area contributed by atoms with Crippen LogP contribution < -0.4 is 10.1 Å². The molecule has 11 heteroatoms. The van der Waals surface area contributed by atoms with E-state index in [1.807, 2.05) is 30.3 Å². The first-order valence-electron chi connectivity index (χ1n) is 8.45. The molecular formula is C18H16F3N5O2S. The Labute approximate surface area is 168 Å². The van der Waals surface area contributed by atoms with Crippen LogP contribution in [0.2, 0.25) is 0 Å². The van der Waals surface area contributed by atoms with Crippen molar-refractivity contribution in [3.63, 3.8) is 0 Å². The molecule has 0 aliphatic carbocycles. The Bertz CT molecular complexity index is 948. The van der Waals surface area contributed by atoms with E-state index < -0.39 is 11.6 Å². The highest BCUT2D eigenvalue weighted by Gasteiger charge is 2.31. The number of carbonyl (C=O) groups is 1. The summed E-state index contributed by atoms with van der Waals surface area (Å²) in [5.74, 6) is -0.542. The number of benzene rings is 2. The molecule has 0 aliphatic heterocycles. The second-order valence-electron chi connectivity index (χ2n) is 5.88. The van der Waals surface area contributed by atoms with Crippen LogP contribution in [0.1, 0.15) is 12.5 Å². The molecule has 0 bridgehead atoms. The topological polar surface area (TPSA) is 81.9 Å². The van der Waals surface area contributed by atoms with Gasteiger partial charge in [0.1, 0.15) is 5.75 Å². The average molecular weight is 423 g/mol. The van der Waals surface area contributed by atoms with Gasteiger partial charge in [-0.3, -0.25) is 4.79 Å². The van der Waals surface area contributed by atoms with Crippen LogP contribution in [0.15, 0.2) is 59.8 Å². The quantitative estimate of drug-likeness (QED) is 0.587. The molecule has 1 aromatic heterocycles. The zero-order valence-electron chi connectivity index (χ0n) is 15.1. The summed E-state index contributed by atoms with van der Waals surface area (Å²) in [5, 5.41) is 14.0. The van der Waals surface area contributed by atoms with Crippen molar-refractivity contribution in [3.8, 4) is 11.4 Å². The maximum atomic E-state index is 12.3. The number of nitrogens with one attached hydrogen (secondary N) is 1. The van der Waals surface area contributed by atoms with Gasteiger partial charge in [0.25, 0.3) is 0 Å². The van der Waals surface area contributed by atoms with E-state index in [-0.39, 0.29) is 11.7 Å². The fourth-order valence-corrected chi connectivity index (χ4v) is 3.18. The largest absolute Gasteiger partial charge is 0.573 e. The van der Waals surface area contributed by atoms with E-state index in [2.05, 4.69) is 25.6 Å². The van der Waals surface area contributed by atoms with Crippen LogP contribution in [-0.4, -0.2) is 37.7 Å². The summed E-state index contributed by atoms with van der Waals surface area (Å²) in [4.78, 5) is 12.3. The van der Waals surface area contributed by atoms with Crippen molar-refractivity contribution in [2.45, 2.75) is 30.2 Å². The van der Waals surface area contributed by atoms with E-state index in [0.717, 1.165) is 29.5 Å². The zero-order valence-corrected chi connectivity index (χ0v) is 15.9. The van der Waals surface area contributed by atoms with Crippen LogP contribution in [-0.2, 0) is 11.3 Å². The molecule has 1 atom stereocenters. The third-order valence-corrected chi connectivity index (χ3v) is 4.75. The number of halogens is 3. The lowest BCUT2D eigenvalue weighted by molar-refractivity contribution is -0.274. The minimum absolute atomic E-state index is 0.192. The number of thioether (sulfide) groups is 1. The fraction of sp³-hybridized carbons (Fsp3) is 0.222. The summed E-state index contributed by atoms with van der Waals surface area (Å²) in [5.41, 5.74) is 1.41. The Kier molecular flexibility index (Phi) is 6.37. The number of amides is 1. The van der Waals surface area contributed by atoms with Crippen molar-refractivity contribution in [1.29, 1.82) is 0 Å². The lowest BCUT2D eigenvalue weighted by Gasteiger charge is -2.12. The highest BCUT2D eigenvalue weighted by molar-refractivity contribution is 8.00. The lowest BCUT2D eigenvalue weighted by Crippen LogP contribution is -2.30. The van der Waals surface area contributed by atoms with Gasteiger partial charge in [-0.15, -0.1) is 18.3 Å². The van der Waals surface area contributed by atoms with E-state index in [1.54, 1.807) is 6.92 Å². The van der Waals surface area contributed by atoms with Crippen molar-refractivity contribution < 1.29 is 22.7 Å². The molecule has 29 heavy (non-hydrogen) atoms. The second kappa shape index (κ2) is 8.95. The van der Waals surface area contributed by atoms with Crippen molar-refractivity contribution in [1.82, 2.24) is 25.5 Å². The molecule has 3 aromatic rings. The van der Waals surface area contributed by atoms with Gasteiger partial charge in [0.2, 0.25) is 11.1 Å². The number of tetrazole rings is 1. The molecule has 1 amide bonds. The number of alkyl halides is 3. The molecule has 1 unspecified atom stereocenters. The van der Waals surface area contributed by atoms with Gasteiger partial charge in [0, 0.05) is 6.54 Å². The first-order valence-corrected chi connectivity index (χ1v) is 9.32. The highest BCUT2D eigenvalue weighted by Crippen LogP contribution is 2.26. The van der Waals surface area contributed by atoms with Gasteiger partial charge in [-0.05, 0) is 47.2 Å². The van der Waals surface area contributed by atoms with Crippen LogP contribution >= 0.6 is 11.8 Å². The first kappa shape index (κ1) is 20.6. The van der Waals surface area contributed by atoms with E-state index in [9.17, 15) is 18.0 Å². The van der Waals surface area contributed by atoms with Gasteiger partial charge in [0.15, 0.2) is 0 Å². The number of hydrogen-bond donors (Lipinski definition) is 1. The summed E-state index contributed by atoms with van der Waals surface area (Å²) < 4.78 is 42.0. The molecule has 7 nitrogen and oxygen atoms in total. The first-order chi connectivity index (χ1) is 13.8. The monoisotopic (exact) mass is 423 g/mol. The minimum atomic E-state index is -4.76. The maximum absolute atomic E-state index is 12.3. The number of nitrogens with zero attached hydrogens (tertiary/aromatic N) is 4. The molecule has 0 saturated carbocycles. The summed E-state index contributed by atoms with van der Waals surface area (Å²) in [6.07, 6.45) is -4.76. The molecule has 1 heterocycles. The molecular weight excluding hydrogens is 407 g/mol. The highest BCUT2D eigenvalue weighted by atomic mass is 32.2. The average Bonchev–Trinajstić information content (AvgIpc) is 3.14. The van der Waals surface area contributed by atoms with E-state index in [4.69, 9.17) is 0 Å². The molecule has 3 rings (SSSR count). The Morgan fingerprint density at radius 1 is 1.17 bits per heavy atom. The van der Waals surface area contributed by atoms with Crippen molar-refractivity contribution >= 4 is 17.7 Å². The second-order valence-corrected chi connectivity index (χ2v) is 7.19. The molecule has 0 aliphatic rings. The van der Waals surface area contributed by atoms with Gasteiger partial charge in [-0.1, -0.05) is 42.1 Å². The number of ether oxygens (including phenoxy) is 1. The van der Waals surface area contributed by atoms with Gasteiger partial charge >= 0.3 is 6.36 Å². The van der Waals surface area contributed by atoms with Crippen LogP contribution in [0.3, 0.4) is 0 Å². The molecule has 0 saturated heterocycles. The number of aromatic nitrogens is 4. The predicted molar refractivity (Wildman–Crippen MR) is 99.4 cm³/mol. The Morgan fingerprint density at radius 3 is 2.52 bits per heavy atom. The molecule has 2 aromatic carbocycles. The predicted octanol–water partition coefficient (Wildman–Crippen LogP) is 3.36. The van der Waals surface area contributed by atoms with E-state index in [1.165, 1.54) is 16.8 Å². The van der Waals surface area contributed by atoms with Crippen molar-refractivity contribution in [2.75, 3.05) is 0 Å². The van der Waals surface area contributed by atoms with Crippen molar-refractivity contribution in [3.05, 3.63) is 60.2 Å². The Hall–Kier alpha value is -3.08. The SMILES string of the molecule is CC(Sc1nnnn1-c1ccc(OC(F)(F)F)cc1)C(=O)NCc1ccccc1. The molecule has 0 spiro atoms. The normalized spacial score (nSPS) is 12.4. The van der Waals surface area contributed by atoms with Gasteiger partial charge in [-0.25, -0.2) is 0 Å². The number of hydrogen-bond acceptors (Lipinski definition) is 6. The molecule has 152 valence electrons.